The van der Waals surface area contributed by atoms with Crippen molar-refractivity contribution in [1.29, 1.82) is 0 Å². The van der Waals surface area contributed by atoms with Crippen molar-refractivity contribution in [1.82, 2.24) is 15.6 Å². The Morgan fingerprint density at radius 3 is 2.36 bits per heavy atom. The largest absolute Gasteiger partial charge is 0.465 e. The molecule has 8 heteroatoms. The summed E-state index contributed by atoms with van der Waals surface area (Å²) in [5.74, 6) is -0.564. The van der Waals surface area contributed by atoms with Crippen LogP contribution in [-0.2, 0) is 11.2 Å². The van der Waals surface area contributed by atoms with Gasteiger partial charge in [0.15, 0.2) is 6.10 Å². The molecule has 7 nitrogen and oxygen atoms in total. The molecule has 3 atom stereocenters. The van der Waals surface area contributed by atoms with Gasteiger partial charge < -0.3 is 20.8 Å². The average molecular weight is 550 g/mol. The lowest BCUT2D eigenvalue weighted by atomic mass is 9.59. The van der Waals surface area contributed by atoms with Crippen LogP contribution in [0.3, 0.4) is 0 Å². The minimum Gasteiger partial charge on any atom is -0.465 e. The first-order valence-corrected chi connectivity index (χ1v) is 14.7. The predicted molar refractivity (Wildman–Crippen MR) is 155 cm³/mol. The van der Waals surface area contributed by atoms with Crippen molar-refractivity contribution in [2.24, 2.45) is 5.41 Å². The van der Waals surface area contributed by atoms with E-state index in [0.717, 1.165) is 47.5 Å². The second-order valence-corrected chi connectivity index (χ2v) is 11.9. The van der Waals surface area contributed by atoms with Gasteiger partial charge in [0.05, 0.1) is 22.3 Å². The summed E-state index contributed by atoms with van der Waals surface area (Å²) in [4.78, 5) is 30.4. The van der Waals surface area contributed by atoms with Crippen LogP contribution in [0.25, 0.3) is 11.3 Å². The molecular formula is C31H39N3O4S. The number of aliphatic hydroxyl groups is 1. The summed E-state index contributed by atoms with van der Waals surface area (Å²) >= 11 is 1.61. The van der Waals surface area contributed by atoms with Gasteiger partial charge in [0.2, 0.25) is 0 Å². The summed E-state index contributed by atoms with van der Waals surface area (Å²) in [6, 6.07) is 19.2. The zero-order valence-corrected chi connectivity index (χ0v) is 23.5. The summed E-state index contributed by atoms with van der Waals surface area (Å²) in [5, 5.41) is 30.0. The number of carbonyl (C=O) groups is 2. The van der Waals surface area contributed by atoms with Gasteiger partial charge in [-0.05, 0) is 43.6 Å². The first kappa shape index (κ1) is 28.8. The van der Waals surface area contributed by atoms with Gasteiger partial charge >= 0.3 is 6.09 Å². The molecule has 0 bridgehead atoms. The molecule has 1 aromatic heterocycles. The zero-order chi connectivity index (χ0) is 27.9. The van der Waals surface area contributed by atoms with E-state index < -0.39 is 23.6 Å². The SMILES string of the molecule is CCCCC(CC1(Cc2nc(-c3ccccc3)cs2)CCC1)(NC(=O)O)C(O)C(=O)NC(C)c1ccccc1. The van der Waals surface area contributed by atoms with Gasteiger partial charge in [0.25, 0.3) is 5.91 Å². The van der Waals surface area contributed by atoms with E-state index in [1.165, 1.54) is 0 Å². The molecule has 0 aliphatic heterocycles. The minimum atomic E-state index is -1.53. The number of hydrogen-bond acceptors (Lipinski definition) is 5. The Kier molecular flexibility index (Phi) is 9.40. The molecular weight excluding hydrogens is 510 g/mol. The first-order valence-electron chi connectivity index (χ1n) is 13.8. The van der Waals surface area contributed by atoms with Crippen molar-refractivity contribution < 1.29 is 19.8 Å². The van der Waals surface area contributed by atoms with E-state index in [-0.39, 0.29) is 11.5 Å². The number of carbonyl (C=O) groups excluding carboxylic acids is 1. The van der Waals surface area contributed by atoms with Gasteiger partial charge in [-0.3, -0.25) is 4.79 Å². The number of thiazole rings is 1. The van der Waals surface area contributed by atoms with E-state index in [4.69, 9.17) is 4.98 Å². The lowest BCUT2D eigenvalue weighted by Gasteiger charge is -2.50. The molecule has 4 rings (SSSR count). The standard InChI is InChI=1S/C31H39N3O4S/c1-3-4-18-31(34-29(37)38,27(35)28(36)32-22(2)23-12-7-5-8-13-23)21-30(16-11-17-30)19-26-33-25(20-39-26)24-14-9-6-10-15-24/h5-10,12-15,20,22,27,34-35H,3-4,11,16-19,21H2,1-2H3,(H,32,36)(H,37,38). The van der Waals surface area contributed by atoms with Gasteiger partial charge in [0.1, 0.15) is 0 Å². The number of nitrogens with one attached hydrogen (secondary N) is 2. The molecule has 1 fully saturated rings. The third kappa shape index (κ3) is 7.05. The lowest BCUT2D eigenvalue weighted by Crippen LogP contribution is -2.64. The maximum atomic E-state index is 13.4. The van der Waals surface area contributed by atoms with E-state index in [1.807, 2.05) is 74.5 Å². The van der Waals surface area contributed by atoms with Crippen LogP contribution in [0.15, 0.2) is 66.0 Å². The topological polar surface area (TPSA) is 112 Å². The first-order chi connectivity index (χ1) is 18.8. The summed E-state index contributed by atoms with van der Waals surface area (Å²) in [7, 11) is 0. The molecule has 0 saturated heterocycles. The molecule has 1 heterocycles. The Morgan fingerprint density at radius 1 is 1.10 bits per heavy atom. The second kappa shape index (κ2) is 12.7. The van der Waals surface area contributed by atoms with Crippen molar-refractivity contribution >= 4 is 23.3 Å². The van der Waals surface area contributed by atoms with E-state index >= 15 is 0 Å². The van der Waals surface area contributed by atoms with Crippen LogP contribution in [0.2, 0.25) is 0 Å². The molecule has 1 aliphatic rings. The third-order valence-electron chi connectivity index (χ3n) is 8.01. The number of rotatable bonds is 13. The highest BCUT2D eigenvalue weighted by molar-refractivity contribution is 7.09. The number of hydrogen-bond donors (Lipinski definition) is 4. The van der Waals surface area contributed by atoms with Gasteiger partial charge in [-0.1, -0.05) is 86.8 Å². The quantitative estimate of drug-likeness (QED) is 0.199. The van der Waals surface area contributed by atoms with Crippen LogP contribution in [0.4, 0.5) is 4.79 Å². The van der Waals surface area contributed by atoms with Gasteiger partial charge in [-0.2, -0.15) is 0 Å². The van der Waals surface area contributed by atoms with E-state index in [0.29, 0.717) is 25.7 Å². The average Bonchev–Trinajstić information content (AvgIpc) is 3.39. The fourth-order valence-corrected chi connectivity index (χ4v) is 6.76. The highest BCUT2D eigenvalue weighted by Crippen LogP contribution is 2.51. The molecule has 4 N–H and O–H groups in total. The van der Waals surface area contributed by atoms with Crippen molar-refractivity contribution in [3.05, 3.63) is 76.6 Å². The Bertz CT molecular complexity index is 1230. The van der Waals surface area contributed by atoms with Crippen molar-refractivity contribution in [3.63, 3.8) is 0 Å². The summed E-state index contributed by atoms with van der Waals surface area (Å²) in [5.41, 5.74) is 1.36. The molecule has 2 amide bonds. The van der Waals surface area contributed by atoms with E-state index in [1.54, 1.807) is 11.3 Å². The highest BCUT2D eigenvalue weighted by Gasteiger charge is 2.51. The molecule has 0 spiro atoms. The smallest absolute Gasteiger partial charge is 0.405 e. The third-order valence-corrected chi connectivity index (χ3v) is 8.86. The molecule has 0 radical (unpaired) electrons. The van der Waals surface area contributed by atoms with Crippen LogP contribution >= 0.6 is 11.3 Å². The maximum absolute atomic E-state index is 13.4. The van der Waals surface area contributed by atoms with Gasteiger partial charge in [0, 0.05) is 17.4 Å². The number of nitrogens with zero attached hydrogens (tertiary/aromatic N) is 1. The monoisotopic (exact) mass is 549 g/mol. The van der Waals surface area contributed by atoms with E-state index in [9.17, 15) is 19.8 Å². The number of carboxylic acid groups (broad SMARTS) is 1. The van der Waals surface area contributed by atoms with Crippen molar-refractivity contribution in [3.8, 4) is 11.3 Å². The van der Waals surface area contributed by atoms with Crippen LogP contribution in [0.1, 0.15) is 75.4 Å². The highest BCUT2D eigenvalue weighted by atomic mass is 32.1. The summed E-state index contributed by atoms with van der Waals surface area (Å²) in [6.45, 7) is 3.88. The fraction of sp³-hybridized carbons (Fsp3) is 0.452. The fourth-order valence-electron chi connectivity index (χ4n) is 5.79. The van der Waals surface area contributed by atoms with Crippen LogP contribution < -0.4 is 10.6 Å². The molecule has 2 aromatic carbocycles. The Balaban J connectivity index is 1.58. The number of amides is 2. The van der Waals surface area contributed by atoms with Crippen LogP contribution in [-0.4, -0.2) is 38.8 Å². The Labute approximate surface area is 234 Å². The lowest BCUT2D eigenvalue weighted by molar-refractivity contribution is -0.136. The predicted octanol–water partition coefficient (Wildman–Crippen LogP) is 6.35. The van der Waals surface area contributed by atoms with Crippen molar-refractivity contribution in [2.75, 3.05) is 0 Å². The molecule has 3 unspecified atom stereocenters. The van der Waals surface area contributed by atoms with Crippen molar-refractivity contribution in [2.45, 2.75) is 82.9 Å². The molecule has 1 saturated carbocycles. The van der Waals surface area contributed by atoms with Gasteiger partial charge in [-0.15, -0.1) is 11.3 Å². The second-order valence-electron chi connectivity index (χ2n) is 10.9. The number of aliphatic hydroxyl groups excluding tert-OH is 1. The van der Waals surface area contributed by atoms with Crippen LogP contribution in [0, 0.1) is 5.41 Å². The number of aromatic nitrogens is 1. The number of unbranched alkanes of at least 4 members (excludes halogenated alkanes) is 1. The minimum absolute atomic E-state index is 0.242. The zero-order valence-electron chi connectivity index (χ0n) is 22.7. The van der Waals surface area contributed by atoms with Gasteiger partial charge in [-0.25, -0.2) is 9.78 Å². The molecule has 39 heavy (non-hydrogen) atoms. The van der Waals surface area contributed by atoms with E-state index in [2.05, 4.69) is 16.0 Å². The normalized spacial score (nSPS) is 17.3. The summed E-state index contributed by atoms with van der Waals surface area (Å²) < 4.78 is 0. The molecule has 3 aromatic rings. The molecule has 208 valence electrons. The maximum Gasteiger partial charge on any atom is 0.405 e. The number of benzene rings is 2. The van der Waals surface area contributed by atoms with Crippen LogP contribution in [0.5, 0.6) is 0 Å². The molecule has 1 aliphatic carbocycles. The Hall–Kier alpha value is -3.23. The Morgan fingerprint density at radius 2 is 1.77 bits per heavy atom. The summed E-state index contributed by atoms with van der Waals surface area (Å²) in [6.07, 6.45) is 3.01.